The Bertz CT molecular complexity index is 1170. The summed E-state index contributed by atoms with van der Waals surface area (Å²) in [6.45, 7) is -4.47. The van der Waals surface area contributed by atoms with E-state index in [2.05, 4.69) is 0 Å². The molecule has 27 heteroatoms. The molecule has 0 aromatic carbocycles. The van der Waals surface area contributed by atoms with E-state index in [1.807, 2.05) is 0 Å². The second-order valence-corrected chi connectivity index (χ2v) is 13.9. The largest absolute Gasteiger partial charge is 0.394 e. The van der Waals surface area contributed by atoms with Gasteiger partial charge in [-0.05, 0) is 0 Å². The van der Waals surface area contributed by atoms with E-state index in [9.17, 15) is 86.8 Å². The molecule has 57 heavy (non-hydrogen) atoms. The van der Waals surface area contributed by atoms with Gasteiger partial charge in [0.25, 0.3) is 0 Å². The second kappa shape index (κ2) is 20.7. The van der Waals surface area contributed by atoms with Crippen LogP contribution in [0.15, 0.2) is 0 Å². The van der Waals surface area contributed by atoms with Crippen LogP contribution in [0.1, 0.15) is 0 Å². The summed E-state index contributed by atoms with van der Waals surface area (Å²) in [4.78, 5) is 0. The summed E-state index contributed by atoms with van der Waals surface area (Å²) in [5, 5.41) is 185. The Kier molecular flexibility index (Phi) is 17.6. The van der Waals surface area contributed by atoms with Crippen molar-refractivity contribution in [2.75, 3.05) is 39.6 Å². The summed E-state index contributed by atoms with van der Waals surface area (Å²) >= 11 is 0. The zero-order chi connectivity index (χ0) is 42.7. The minimum atomic E-state index is -2.36. The lowest BCUT2D eigenvalue weighted by atomic mass is 9.98. The van der Waals surface area contributed by atoms with Crippen molar-refractivity contribution in [1.82, 2.24) is 0 Å². The third-order valence-corrected chi connectivity index (χ3v) is 10.1. The van der Waals surface area contributed by atoms with Gasteiger partial charge in [-0.1, -0.05) is 0 Å². The van der Waals surface area contributed by atoms with Crippen LogP contribution in [0.3, 0.4) is 0 Å². The summed E-state index contributed by atoms with van der Waals surface area (Å²) in [7, 11) is 0. The van der Waals surface area contributed by atoms with Crippen molar-refractivity contribution in [1.29, 1.82) is 0 Å². The predicted octanol–water partition coefficient (Wildman–Crippen LogP) is -13.0. The van der Waals surface area contributed by atoms with Crippen molar-refractivity contribution in [3.8, 4) is 0 Å². The first kappa shape index (κ1) is 48.6. The van der Waals surface area contributed by atoms with Crippen molar-refractivity contribution in [2.24, 2.45) is 0 Å². The molecular weight excluding hydrogens is 792 g/mol. The van der Waals surface area contributed by atoms with E-state index in [-0.39, 0.29) is 0 Å². The van der Waals surface area contributed by atoms with Crippen LogP contribution >= 0.6 is 0 Å². The maximum atomic E-state index is 10.3. The molecule has 5 fully saturated rings. The van der Waals surface area contributed by atoms with Gasteiger partial charge in [-0.2, -0.15) is 0 Å². The first-order chi connectivity index (χ1) is 26.8. The highest BCUT2D eigenvalue weighted by molar-refractivity contribution is 4.99. The topological polar surface area (TPSA) is 458 Å². The molecule has 0 aromatic rings. The van der Waals surface area contributed by atoms with Gasteiger partial charge >= 0.3 is 0 Å². The third-order valence-electron chi connectivity index (χ3n) is 10.1. The Labute approximate surface area is 321 Å². The summed E-state index contributed by atoms with van der Waals surface area (Å²) in [5.74, 6) is -2.36. The molecule has 24 atom stereocenters. The maximum Gasteiger partial charge on any atom is 0.224 e. The average Bonchev–Trinajstić information content (AvgIpc) is 3.45. The highest BCUT2D eigenvalue weighted by atomic mass is 16.8. The van der Waals surface area contributed by atoms with Crippen molar-refractivity contribution < 1.29 is 135 Å². The van der Waals surface area contributed by atoms with Crippen LogP contribution in [0.5, 0.6) is 0 Å². The SMILES string of the molecule is OC[C@H]1O[C@H](OC[C@H]2O[C@H](O[C@]3(CO)O[C@H](CO)[C@@H](O)[C@@H]3O)[C@H](O)[C@@H](O)[C@@H]2O)[C@H](O)[C@@H](O)[C@H]1O.OC[C@H]1O[C@H](O[C@H]2O[C@H](CO)[C@@H](O)[C@H](O)[C@H]2O)[C@H](O)[C@@H](O)[C@@H]1O. The number of aliphatic hydroxyl groups is 19. The van der Waals surface area contributed by atoms with E-state index in [1.165, 1.54) is 0 Å². The molecular formula is C30H54O27. The van der Waals surface area contributed by atoms with Gasteiger partial charge in [0.1, 0.15) is 123 Å². The molecule has 0 aromatic heterocycles. The maximum absolute atomic E-state index is 10.3. The molecule has 0 saturated carbocycles. The molecule has 336 valence electrons. The minimum absolute atomic E-state index is 0.634. The van der Waals surface area contributed by atoms with E-state index in [1.54, 1.807) is 0 Å². The molecule has 0 unspecified atom stereocenters. The van der Waals surface area contributed by atoms with Crippen molar-refractivity contribution in [2.45, 2.75) is 147 Å². The molecule has 0 bridgehead atoms. The van der Waals surface area contributed by atoms with E-state index < -0.39 is 187 Å². The van der Waals surface area contributed by atoms with Crippen LogP contribution in [0.4, 0.5) is 0 Å². The van der Waals surface area contributed by atoms with E-state index >= 15 is 0 Å². The lowest BCUT2D eigenvalue weighted by molar-refractivity contribution is -0.388. The fourth-order valence-electron chi connectivity index (χ4n) is 6.50. The normalized spacial score (nSPS) is 51.9. The number of rotatable bonds is 12. The Morgan fingerprint density at radius 2 is 0.719 bits per heavy atom. The van der Waals surface area contributed by atoms with Gasteiger partial charge in [0.05, 0.1) is 33.0 Å². The molecule has 27 nitrogen and oxygen atoms in total. The first-order valence-corrected chi connectivity index (χ1v) is 17.6. The molecule has 0 amide bonds. The molecule has 0 spiro atoms. The fraction of sp³-hybridized carbons (Fsp3) is 1.00. The second-order valence-electron chi connectivity index (χ2n) is 13.9. The monoisotopic (exact) mass is 846 g/mol. The van der Waals surface area contributed by atoms with Gasteiger partial charge < -0.3 is 135 Å². The zero-order valence-electron chi connectivity index (χ0n) is 29.8. The van der Waals surface area contributed by atoms with E-state index in [0.717, 1.165) is 0 Å². The molecule has 0 aliphatic carbocycles. The van der Waals surface area contributed by atoms with E-state index in [4.69, 9.17) is 48.1 Å². The standard InChI is InChI=1S/C18H32O16.C12H22O11/c19-1-5-8(22)11(25)13(27)16(31-5)30-3-7-9(23)12(26)14(28)17(32-7)34-18(4-21)15(29)10(24)6(2-20)33-18;13-1-3-5(15)7(17)9(19)11(21-3)23-12-10(20)8(18)6(16)4(2-14)22-12/h5-17,19-29H,1-4H2;3-20H,1-2H2/t5-,6-,7-,8+,9-,10-,11+,12+,13-,14-,15+,16+,17-,18+;3-,4-,5-,6-,7+,8+,9-,10-,11-,12-/m11/s1. The Morgan fingerprint density at radius 3 is 1.11 bits per heavy atom. The lowest BCUT2D eigenvalue weighted by Gasteiger charge is -2.44. The number of ether oxygens (including phenoxy) is 8. The Hall–Kier alpha value is -1.08. The van der Waals surface area contributed by atoms with Gasteiger partial charge in [-0.25, -0.2) is 0 Å². The van der Waals surface area contributed by atoms with Crippen molar-refractivity contribution >= 4 is 0 Å². The summed E-state index contributed by atoms with van der Waals surface area (Å²) in [6, 6.07) is 0. The number of hydrogen-bond donors (Lipinski definition) is 19. The highest BCUT2D eigenvalue weighted by Gasteiger charge is 2.59. The number of hydrogen-bond acceptors (Lipinski definition) is 27. The van der Waals surface area contributed by atoms with Gasteiger partial charge in [-0.3, -0.25) is 0 Å². The molecule has 5 rings (SSSR count). The predicted molar refractivity (Wildman–Crippen MR) is 170 cm³/mol. The van der Waals surface area contributed by atoms with Crippen LogP contribution < -0.4 is 0 Å². The van der Waals surface area contributed by atoms with Crippen molar-refractivity contribution in [3.05, 3.63) is 0 Å². The van der Waals surface area contributed by atoms with Crippen LogP contribution in [-0.4, -0.2) is 284 Å². The first-order valence-electron chi connectivity index (χ1n) is 17.6. The smallest absolute Gasteiger partial charge is 0.224 e. The summed E-state index contributed by atoms with van der Waals surface area (Å²) < 4.78 is 41.8. The third kappa shape index (κ3) is 10.2. The molecule has 19 N–H and O–H groups in total. The Balaban J connectivity index is 0.000000273. The molecule has 5 heterocycles. The lowest BCUT2D eigenvalue weighted by Crippen LogP contribution is -2.63. The highest BCUT2D eigenvalue weighted by Crippen LogP contribution is 2.36. The van der Waals surface area contributed by atoms with Crippen LogP contribution in [0.25, 0.3) is 0 Å². The van der Waals surface area contributed by atoms with Gasteiger partial charge in [-0.15, -0.1) is 0 Å². The molecule has 0 radical (unpaired) electrons. The van der Waals surface area contributed by atoms with Gasteiger partial charge in [0.15, 0.2) is 25.2 Å². The summed E-state index contributed by atoms with van der Waals surface area (Å²) in [5.41, 5.74) is 0. The molecule has 5 saturated heterocycles. The Morgan fingerprint density at radius 1 is 0.368 bits per heavy atom. The van der Waals surface area contributed by atoms with Gasteiger partial charge in [0, 0.05) is 0 Å². The van der Waals surface area contributed by atoms with Crippen LogP contribution in [0.2, 0.25) is 0 Å². The average molecular weight is 847 g/mol. The minimum Gasteiger partial charge on any atom is -0.394 e. The number of aliphatic hydroxyl groups excluding tert-OH is 19. The van der Waals surface area contributed by atoms with Crippen LogP contribution in [0, 0.1) is 0 Å². The summed E-state index contributed by atoms with van der Waals surface area (Å²) in [6.07, 6.45) is -37.4. The van der Waals surface area contributed by atoms with E-state index in [0.29, 0.717) is 0 Å². The quantitative estimate of drug-likeness (QED) is 0.0867. The zero-order valence-corrected chi connectivity index (χ0v) is 29.8. The molecule has 5 aliphatic heterocycles. The van der Waals surface area contributed by atoms with Gasteiger partial charge in [0.2, 0.25) is 5.79 Å². The molecule has 5 aliphatic rings. The van der Waals surface area contributed by atoms with Crippen LogP contribution in [-0.2, 0) is 37.9 Å². The fourth-order valence-corrected chi connectivity index (χ4v) is 6.50. The van der Waals surface area contributed by atoms with Crippen molar-refractivity contribution in [3.63, 3.8) is 0 Å².